The summed E-state index contributed by atoms with van der Waals surface area (Å²) in [6.45, 7) is 5.93. The Morgan fingerprint density at radius 1 is 1.32 bits per heavy atom. The van der Waals surface area contributed by atoms with Gasteiger partial charge in [0.2, 0.25) is 10.0 Å². The normalized spacial score (nSPS) is 17.4. The molecule has 0 radical (unpaired) electrons. The van der Waals surface area contributed by atoms with Gasteiger partial charge in [-0.1, -0.05) is 12.1 Å². The lowest BCUT2D eigenvalue weighted by Gasteiger charge is -2.30. The maximum Gasteiger partial charge on any atom is 0.238 e. The van der Waals surface area contributed by atoms with Crippen molar-refractivity contribution < 1.29 is 8.42 Å². The van der Waals surface area contributed by atoms with Gasteiger partial charge in [-0.15, -0.1) is 0 Å². The summed E-state index contributed by atoms with van der Waals surface area (Å²) in [5, 5.41) is 2.95. The third-order valence-corrected chi connectivity index (χ3v) is 5.99. The molecule has 5 heteroatoms. The molecule has 0 saturated carbocycles. The van der Waals surface area contributed by atoms with E-state index in [-0.39, 0.29) is 5.25 Å². The topological polar surface area (TPSA) is 49.4 Å². The molecule has 1 fully saturated rings. The highest BCUT2D eigenvalue weighted by atomic mass is 32.2. The highest BCUT2D eigenvalue weighted by Crippen LogP contribution is 2.25. The molecule has 2 rings (SSSR count). The van der Waals surface area contributed by atoms with Gasteiger partial charge in [0.05, 0.1) is 10.9 Å². The van der Waals surface area contributed by atoms with Crippen molar-refractivity contribution in [2.24, 2.45) is 0 Å². The monoisotopic (exact) mass is 282 g/mol. The standard InChI is InChI=1S/C14H22N2O2S/c1-3-16(13-6-4-5-12(2)11-13)19(17,18)14-7-9-15-10-8-14/h4-6,11,14-15H,3,7-10H2,1-2H3. The van der Waals surface area contributed by atoms with Crippen molar-refractivity contribution in [1.82, 2.24) is 5.32 Å². The largest absolute Gasteiger partial charge is 0.317 e. The predicted molar refractivity (Wildman–Crippen MR) is 79.0 cm³/mol. The molecule has 1 aliphatic heterocycles. The van der Waals surface area contributed by atoms with Crippen molar-refractivity contribution in [3.05, 3.63) is 29.8 Å². The Morgan fingerprint density at radius 3 is 2.58 bits per heavy atom. The minimum Gasteiger partial charge on any atom is -0.317 e. The van der Waals surface area contributed by atoms with Crippen molar-refractivity contribution >= 4 is 15.7 Å². The zero-order valence-electron chi connectivity index (χ0n) is 11.6. The van der Waals surface area contributed by atoms with E-state index >= 15 is 0 Å². The summed E-state index contributed by atoms with van der Waals surface area (Å²) in [4.78, 5) is 0. The molecule has 1 heterocycles. The van der Waals surface area contributed by atoms with Crippen LogP contribution < -0.4 is 9.62 Å². The van der Waals surface area contributed by atoms with Gasteiger partial charge in [-0.05, 0) is 57.5 Å². The molecule has 0 atom stereocenters. The summed E-state index contributed by atoms with van der Waals surface area (Å²) >= 11 is 0. The van der Waals surface area contributed by atoms with Crippen LogP contribution in [0.4, 0.5) is 5.69 Å². The Morgan fingerprint density at radius 2 is 2.00 bits per heavy atom. The molecular formula is C14H22N2O2S. The fraction of sp³-hybridized carbons (Fsp3) is 0.571. The molecule has 0 spiro atoms. The Balaban J connectivity index is 2.30. The molecule has 106 valence electrons. The van der Waals surface area contributed by atoms with Crippen molar-refractivity contribution in [1.29, 1.82) is 0 Å². The lowest BCUT2D eigenvalue weighted by Crippen LogP contribution is -2.44. The van der Waals surface area contributed by atoms with E-state index in [1.54, 1.807) is 4.31 Å². The van der Waals surface area contributed by atoms with E-state index in [9.17, 15) is 8.42 Å². The van der Waals surface area contributed by atoms with Gasteiger partial charge in [0.1, 0.15) is 0 Å². The van der Waals surface area contributed by atoms with Gasteiger partial charge in [0.15, 0.2) is 0 Å². The fourth-order valence-electron chi connectivity index (χ4n) is 2.57. The third kappa shape index (κ3) is 3.09. The zero-order valence-corrected chi connectivity index (χ0v) is 12.4. The first-order chi connectivity index (χ1) is 9.05. The van der Waals surface area contributed by atoms with Gasteiger partial charge in [0.25, 0.3) is 0 Å². The van der Waals surface area contributed by atoms with Gasteiger partial charge in [0, 0.05) is 6.54 Å². The van der Waals surface area contributed by atoms with E-state index in [1.165, 1.54) is 0 Å². The molecule has 0 amide bonds. The molecule has 1 aliphatic rings. The predicted octanol–water partition coefficient (Wildman–Crippen LogP) is 1.90. The first kappa shape index (κ1) is 14.3. The SMILES string of the molecule is CCN(c1cccc(C)c1)S(=O)(=O)C1CCNCC1. The average molecular weight is 282 g/mol. The Labute approximate surface area is 115 Å². The molecule has 0 unspecified atom stereocenters. The van der Waals surface area contributed by atoms with E-state index in [2.05, 4.69) is 5.32 Å². The number of benzene rings is 1. The van der Waals surface area contributed by atoms with E-state index in [4.69, 9.17) is 0 Å². The van der Waals surface area contributed by atoms with Gasteiger partial charge < -0.3 is 5.32 Å². The second-order valence-corrected chi connectivity index (χ2v) is 7.14. The number of sulfonamides is 1. The summed E-state index contributed by atoms with van der Waals surface area (Å²) in [5.41, 5.74) is 1.86. The maximum atomic E-state index is 12.7. The van der Waals surface area contributed by atoms with Crippen LogP contribution in [0.15, 0.2) is 24.3 Å². The van der Waals surface area contributed by atoms with Gasteiger partial charge in [-0.25, -0.2) is 8.42 Å². The van der Waals surface area contributed by atoms with E-state index in [0.717, 1.165) is 24.3 Å². The number of hydrogen-bond acceptors (Lipinski definition) is 3. The van der Waals surface area contributed by atoms with Gasteiger partial charge in [-0.2, -0.15) is 0 Å². The van der Waals surface area contributed by atoms with Crippen molar-refractivity contribution in [2.75, 3.05) is 23.9 Å². The molecule has 0 aliphatic carbocycles. The van der Waals surface area contributed by atoms with Crippen LogP contribution >= 0.6 is 0 Å². The van der Waals surface area contributed by atoms with Crippen molar-refractivity contribution in [2.45, 2.75) is 31.9 Å². The lowest BCUT2D eigenvalue weighted by atomic mass is 10.2. The number of rotatable bonds is 4. The molecule has 1 aromatic rings. The number of anilines is 1. The molecule has 0 aromatic heterocycles. The molecule has 4 nitrogen and oxygen atoms in total. The van der Waals surface area contributed by atoms with Crippen molar-refractivity contribution in [3.63, 3.8) is 0 Å². The first-order valence-electron chi connectivity index (χ1n) is 6.84. The Kier molecular flexibility index (Phi) is 4.47. The van der Waals surface area contributed by atoms with Gasteiger partial charge in [-0.3, -0.25) is 4.31 Å². The van der Waals surface area contributed by atoms with Crippen LogP contribution in [0.1, 0.15) is 25.3 Å². The molecule has 0 bridgehead atoms. The third-order valence-electron chi connectivity index (χ3n) is 3.59. The van der Waals surface area contributed by atoms with Crippen LogP contribution in [0.25, 0.3) is 0 Å². The first-order valence-corrected chi connectivity index (χ1v) is 8.35. The number of hydrogen-bond donors (Lipinski definition) is 1. The van der Waals surface area contributed by atoms with Gasteiger partial charge >= 0.3 is 0 Å². The minimum atomic E-state index is -3.25. The number of nitrogens with zero attached hydrogens (tertiary/aromatic N) is 1. The highest BCUT2D eigenvalue weighted by Gasteiger charge is 2.32. The quantitative estimate of drug-likeness (QED) is 0.917. The van der Waals surface area contributed by atoms with Crippen LogP contribution in [0, 0.1) is 6.92 Å². The smallest absolute Gasteiger partial charge is 0.238 e. The average Bonchev–Trinajstić information content (AvgIpc) is 2.40. The van der Waals surface area contributed by atoms with Crippen LogP contribution in [0.3, 0.4) is 0 Å². The Bertz CT molecular complexity index is 522. The molecule has 1 N–H and O–H groups in total. The Hall–Kier alpha value is -1.07. The van der Waals surface area contributed by atoms with Crippen LogP contribution in [-0.4, -0.2) is 33.3 Å². The number of piperidine rings is 1. The molecule has 19 heavy (non-hydrogen) atoms. The molecular weight excluding hydrogens is 260 g/mol. The van der Waals surface area contributed by atoms with Crippen LogP contribution in [0.5, 0.6) is 0 Å². The molecule has 1 aromatic carbocycles. The highest BCUT2D eigenvalue weighted by molar-refractivity contribution is 7.93. The fourth-order valence-corrected chi connectivity index (χ4v) is 4.52. The summed E-state index contributed by atoms with van der Waals surface area (Å²) in [5.74, 6) is 0. The van der Waals surface area contributed by atoms with Crippen LogP contribution in [0.2, 0.25) is 0 Å². The number of aryl methyl sites for hydroxylation is 1. The van der Waals surface area contributed by atoms with E-state index < -0.39 is 10.0 Å². The van der Waals surface area contributed by atoms with Crippen LogP contribution in [-0.2, 0) is 10.0 Å². The summed E-state index contributed by atoms with van der Waals surface area (Å²) in [6, 6.07) is 7.69. The summed E-state index contributed by atoms with van der Waals surface area (Å²) in [7, 11) is -3.25. The zero-order chi connectivity index (χ0) is 13.9. The second-order valence-electron chi connectivity index (χ2n) is 5.00. The summed E-state index contributed by atoms with van der Waals surface area (Å²) in [6.07, 6.45) is 1.40. The van der Waals surface area contributed by atoms with Crippen molar-refractivity contribution in [3.8, 4) is 0 Å². The van der Waals surface area contributed by atoms with E-state index in [0.29, 0.717) is 19.4 Å². The van der Waals surface area contributed by atoms with E-state index in [1.807, 2.05) is 38.1 Å². The second kappa shape index (κ2) is 5.92. The summed E-state index contributed by atoms with van der Waals surface area (Å²) < 4.78 is 27.0. The minimum absolute atomic E-state index is 0.255. The number of nitrogens with one attached hydrogen (secondary N) is 1. The maximum absolute atomic E-state index is 12.7. The molecule has 1 saturated heterocycles. The lowest BCUT2D eigenvalue weighted by molar-refractivity contribution is 0.494.